The standard InChI is InChI=1S/C13H23N3S/c1-3-7-16(9-12-5-4-6-15-12)11(2)13-8-14-10-17-13/h8,10-12,15H,3-7,9H2,1-2H3. The molecule has 0 saturated carbocycles. The molecule has 0 radical (unpaired) electrons. The Kier molecular flexibility index (Phi) is 4.95. The molecule has 2 heterocycles. The maximum atomic E-state index is 4.19. The lowest BCUT2D eigenvalue weighted by molar-refractivity contribution is 0.195. The number of hydrogen-bond acceptors (Lipinski definition) is 4. The normalized spacial score (nSPS) is 22.2. The highest BCUT2D eigenvalue weighted by Crippen LogP contribution is 2.24. The second-order valence-corrected chi connectivity index (χ2v) is 5.79. The molecule has 1 aliphatic heterocycles. The van der Waals surface area contributed by atoms with E-state index in [1.807, 2.05) is 11.7 Å². The third-order valence-electron chi connectivity index (χ3n) is 3.54. The zero-order valence-electron chi connectivity index (χ0n) is 10.9. The molecule has 0 bridgehead atoms. The van der Waals surface area contributed by atoms with Gasteiger partial charge in [0.05, 0.1) is 5.51 Å². The van der Waals surface area contributed by atoms with Crippen LogP contribution in [-0.4, -0.2) is 35.6 Å². The van der Waals surface area contributed by atoms with Crippen molar-refractivity contribution in [2.24, 2.45) is 0 Å². The van der Waals surface area contributed by atoms with Gasteiger partial charge >= 0.3 is 0 Å². The van der Waals surface area contributed by atoms with Crippen molar-refractivity contribution in [1.82, 2.24) is 15.2 Å². The van der Waals surface area contributed by atoms with Gasteiger partial charge in [0.2, 0.25) is 0 Å². The highest BCUT2D eigenvalue weighted by atomic mass is 32.1. The molecule has 0 spiro atoms. The molecule has 0 amide bonds. The zero-order valence-corrected chi connectivity index (χ0v) is 11.7. The summed E-state index contributed by atoms with van der Waals surface area (Å²) in [6.45, 7) is 8.11. The Morgan fingerprint density at radius 2 is 2.53 bits per heavy atom. The maximum Gasteiger partial charge on any atom is 0.0794 e. The van der Waals surface area contributed by atoms with Crippen LogP contribution in [0.4, 0.5) is 0 Å². The number of hydrogen-bond donors (Lipinski definition) is 1. The van der Waals surface area contributed by atoms with E-state index in [4.69, 9.17) is 0 Å². The lowest BCUT2D eigenvalue weighted by Gasteiger charge is -2.30. The van der Waals surface area contributed by atoms with Crippen molar-refractivity contribution in [3.05, 3.63) is 16.6 Å². The molecule has 2 unspecified atom stereocenters. The molecular formula is C13H23N3S. The van der Waals surface area contributed by atoms with E-state index in [0.717, 1.165) is 0 Å². The van der Waals surface area contributed by atoms with Gasteiger partial charge in [-0.1, -0.05) is 6.92 Å². The van der Waals surface area contributed by atoms with Crippen LogP contribution in [0.2, 0.25) is 0 Å². The SMILES string of the molecule is CCCN(CC1CCCN1)C(C)c1cncs1. The molecule has 2 rings (SSSR count). The van der Waals surface area contributed by atoms with E-state index in [1.165, 1.54) is 43.8 Å². The van der Waals surface area contributed by atoms with Gasteiger partial charge in [-0.25, -0.2) is 0 Å². The topological polar surface area (TPSA) is 28.2 Å². The molecule has 3 nitrogen and oxygen atoms in total. The van der Waals surface area contributed by atoms with Gasteiger partial charge in [0.1, 0.15) is 0 Å². The van der Waals surface area contributed by atoms with E-state index in [-0.39, 0.29) is 0 Å². The van der Waals surface area contributed by atoms with E-state index in [9.17, 15) is 0 Å². The van der Waals surface area contributed by atoms with Crippen LogP contribution in [0.15, 0.2) is 11.7 Å². The average Bonchev–Trinajstić information content (AvgIpc) is 3.00. The van der Waals surface area contributed by atoms with Crippen LogP contribution in [0, 0.1) is 0 Å². The third-order valence-corrected chi connectivity index (χ3v) is 4.48. The maximum absolute atomic E-state index is 4.19. The quantitative estimate of drug-likeness (QED) is 0.845. The van der Waals surface area contributed by atoms with E-state index >= 15 is 0 Å². The largest absolute Gasteiger partial charge is 0.313 e. The lowest BCUT2D eigenvalue weighted by Crippen LogP contribution is -2.39. The number of nitrogens with one attached hydrogen (secondary N) is 1. The minimum atomic E-state index is 0.504. The minimum Gasteiger partial charge on any atom is -0.313 e. The fraction of sp³-hybridized carbons (Fsp3) is 0.769. The third kappa shape index (κ3) is 3.50. The van der Waals surface area contributed by atoms with Crippen molar-refractivity contribution in [3.63, 3.8) is 0 Å². The van der Waals surface area contributed by atoms with Gasteiger partial charge in [-0.05, 0) is 39.3 Å². The summed E-state index contributed by atoms with van der Waals surface area (Å²) < 4.78 is 0. The van der Waals surface area contributed by atoms with Gasteiger partial charge in [-0.3, -0.25) is 9.88 Å². The lowest BCUT2D eigenvalue weighted by atomic mass is 10.1. The summed E-state index contributed by atoms with van der Waals surface area (Å²) in [5, 5.41) is 3.59. The van der Waals surface area contributed by atoms with E-state index in [0.29, 0.717) is 12.1 Å². The first-order valence-electron chi connectivity index (χ1n) is 6.67. The summed E-state index contributed by atoms with van der Waals surface area (Å²) in [5.74, 6) is 0. The van der Waals surface area contributed by atoms with Crippen molar-refractivity contribution in [2.75, 3.05) is 19.6 Å². The first-order chi connectivity index (χ1) is 8.31. The molecule has 96 valence electrons. The molecular weight excluding hydrogens is 230 g/mol. The fourth-order valence-electron chi connectivity index (χ4n) is 2.54. The Morgan fingerprint density at radius 3 is 3.12 bits per heavy atom. The summed E-state index contributed by atoms with van der Waals surface area (Å²) in [5.41, 5.74) is 1.93. The zero-order chi connectivity index (χ0) is 12.1. The number of rotatable bonds is 6. The van der Waals surface area contributed by atoms with Crippen LogP contribution in [0.3, 0.4) is 0 Å². The van der Waals surface area contributed by atoms with Crippen molar-refractivity contribution in [2.45, 2.75) is 45.2 Å². The molecule has 1 aromatic rings. The van der Waals surface area contributed by atoms with Gasteiger partial charge in [-0.2, -0.15) is 0 Å². The van der Waals surface area contributed by atoms with Crippen molar-refractivity contribution in [3.8, 4) is 0 Å². The summed E-state index contributed by atoms with van der Waals surface area (Å²) >= 11 is 1.77. The number of nitrogens with zero attached hydrogens (tertiary/aromatic N) is 2. The van der Waals surface area contributed by atoms with Gasteiger partial charge in [0.25, 0.3) is 0 Å². The van der Waals surface area contributed by atoms with Crippen LogP contribution in [0.5, 0.6) is 0 Å². The number of aromatic nitrogens is 1. The Morgan fingerprint density at radius 1 is 1.65 bits per heavy atom. The van der Waals surface area contributed by atoms with Crippen LogP contribution < -0.4 is 5.32 Å². The second-order valence-electron chi connectivity index (χ2n) is 4.87. The molecule has 0 aromatic carbocycles. The smallest absolute Gasteiger partial charge is 0.0794 e. The second kappa shape index (κ2) is 6.47. The van der Waals surface area contributed by atoms with Crippen molar-refractivity contribution in [1.29, 1.82) is 0 Å². The van der Waals surface area contributed by atoms with Gasteiger partial charge in [0, 0.05) is 29.7 Å². The Hall–Kier alpha value is -0.450. The molecule has 17 heavy (non-hydrogen) atoms. The summed E-state index contributed by atoms with van der Waals surface area (Å²) in [6.07, 6.45) is 5.89. The molecule has 1 aliphatic rings. The highest BCUT2D eigenvalue weighted by molar-refractivity contribution is 7.09. The predicted octanol–water partition coefficient (Wildman–Crippen LogP) is 2.67. The Bertz CT molecular complexity index is 306. The predicted molar refractivity (Wildman–Crippen MR) is 73.4 cm³/mol. The Labute approximate surface area is 108 Å². The molecule has 1 aromatic heterocycles. The summed E-state index contributed by atoms with van der Waals surface area (Å²) in [4.78, 5) is 8.17. The minimum absolute atomic E-state index is 0.504. The first-order valence-corrected chi connectivity index (χ1v) is 7.55. The van der Waals surface area contributed by atoms with Gasteiger partial charge < -0.3 is 5.32 Å². The molecule has 0 aliphatic carbocycles. The molecule has 1 fully saturated rings. The summed E-state index contributed by atoms with van der Waals surface area (Å²) in [7, 11) is 0. The van der Waals surface area contributed by atoms with Crippen molar-refractivity contribution >= 4 is 11.3 Å². The molecule has 1 N–H and O–H groups in total. The monoisotopic (exact) mass is 253 g/mol. The molecule has 4 heteroatoms. The average molecular weight is 253 g/mol. The van der Waals surface area contributed by atoms with E-state index < -0.39 is 0 Å². The van der Waals surface area contributed by atoms with Gasteiger partial charge in [-0.15, -0.1) is 11.3 Å². The first kappa shape index (κ1) is 13.0. The molecule has 2 atom stereocenters. The van der Waals surface area contributed by atoms with Crippen LogP contribution >= 0.6 is 11.3 Å². The van der Waals surface area contributed by atoms with Crippen LogP contribution in [-0.2, 0) is 0 Å². The number of thiazole rings is 1. The van der Waals surface area contributed by atoms with E-state index in [1.54, 1.807) is 11.3 Å². The van der Waals surface area contributed by atoms with E-state index in [2.05, 4.69) is 29.0 Å². The van der Waals surface area contributed by atoms with Crippen molar-refractivity contribution < 1.29 is 0 Å². The molecule has 1 saturated heterocycles. The van der Waals surface area contributed by atoms with Crippen LogP contribution in [0.1, 0.15) is 44.0 Å². The van der Waals surface area contributed by atoms with Crippen LogP contribution in [0.25, 0.3) is 0 Å². The summed E-state index contributed by atoms with van der Waals surface area (Å²) in [6, 6.07) is 1.20. The van der Waals surface area contributed by atoms with Gasteiger partial charge in [0.15, 0.2) is 0 Å². The Balaban J connectivity index is 1.95. The fourth-order valence-corrected chi connectivity index (χ4v) is 3.25. The highest BCUT2D eigenvalue weighted by Gasteiger charge is 2.22.